The normalized spacial score (nSPS) is 13.6. The molecule has 0 amide bonds. The first kappa shape index (κ1) is 40.5. The molecular weight excluding hydrogens is 807 g/mol. The summed E-state index contributed by atoms with van der Waals surface area (Å²) in [6.07, 6.45) is 0. The van der Waals surface area contributed by atoms with E-state index in [1.165, 1.54) is 100 Å². The molecule has 10 aromatic carbocycles. The minimum atomic E-state index is -0.225. The number of nitrogens with zero attached hydrogens (tertiary/aromatic N) is 1. The Kier molecular flexibility index (Phi) is 9.59. The first-order chi connectivity index (χ1) is 32.7. The summed E-state index contributed by atoms with van der Waals surface area (Å²) < 4.78 is 0. The van der Waals surface area contributed by atoms with Crippen LogP contribution in [0.25, 0.3) is 77.9 Å². The molecule has 0 fully saturated rings. The quantitative estimate of drug-likeness (QED) is 0.147. The molecule has 0 N–H and O–H groups in total. The lowest BCUT2D eigenvalue weighted by atomic mass is 9.81. The second-order valence-electron chi connectivity index (χ2n) is 19.3. The van der Waals surface area contributed by atoms with Crippen molar-refractivity contribution in [3.8, 4) is 77.9 Å². The van der Waals surface area contributed by atoms with Crippen molar-refractivity contribution < 1.29 is 0 Å². The average Bonchev–Trinajstić information content (AvgIpc) is 3.75. The molecule has 0 heterocycles. The van der Waals surface area contributed by atoms with Crippen LogP contribution in [0, 0.1) is 0 Å². The molecule has 12 rings (SSSR count). The van der Waals surface area contributed by atoms with Crippen LogP contribution < -0.4 is 4.90 Å². The molecule has 0 saturated heterocycles. The highest BCUT2D eigenvalue weighted by molar-refractivity contribution is 5.93. The molecule has 10 aromatic rings. The number of benzene rings is 10. The predicted octanol–water partition coefficient (Wildman–Crippen LogP) is 18.1. The third-order valence-corrected chi connectivity index (χ3v) is 14.7. The van der Waals surface area contributed by atoms with Crippen molar-refractivity contribution in [2.75, 3.05) is 4.90 Å². The van der Waals surface area contributed by atoms with Gasteiger partial charge in [0.05, 0.1) is 5.69 Å². The van der Waals surface area contributed by atoms with E-state index < -0.39 is 0 Å². The van der Waals surface area contributed by atoms with Gasteiger partial charge in [0, 0.05) is 27.8 Å². The molecule has 0 atom stereocenters. The zero-order valence-corrected chi connectivity index (χ0v) is 38.5. The fraction of sp³-hybridized carbons (Fsp3) is 0.0909. The van der Waals surface area contributed by atoms with E-state index in [4.69, 9.17) is 0 Å². The van der Waals surface area contributed by atoms with Crippen molar-refractivity contribution in [2.24, 2.45) is 0 Å². The van der Waals surface area contributed by atoms with E-state index in [-0.39, 0.29) is 10.8 Å². The molecule has 1 heteroatoms. The number of para-hydroxylation sites is 1. The van der Waals surface area contributed by atoms with Crippen LogP contribution >= 0.6 is 0 Å². The Morgan fingerprint density at radius 1 is 0.239 bits per heavy atom. The van der Waals surface area contributed by atoms with Crippen molar-refractivity contribution in [1.29, 1.82) is 0 Å². The van der Waals surface area contributed by atoms with E-state index in [0.717, 1.165) is 17.1 Å². The van der Waals surface area contributed by atoms with Gasteiger partial charge in [-0.25, -0.2) is 0 Å². The lowest BCUT2D eigenvalue weighted by Crippen LogP contribution is -2.18. The Balaban J connectivity index is 0.920. The van der Waals surface area contributed by atoms with Gasteiger partial charge in [0.15, 0.2) is 0 Å². The first-order valence-electron chi connectivity index (χ1n) is 23.6. The minimum Gasteiger partial charge on any atom is -0.310 e. The van der Waals surface area contributed by atoms with Gasteiger partial charge in [-0.3, -0.25) is 0 Å². The van der Waals surface area contributed by atoms with E-state index in [9.17, 15) is 0 Å². The van der Waals surface area contributed by atoms with E-state index in [1.54, 1.807) is 0 Å². The van der Waals surface area contributed by atoms with Gasteiger partial charge in [-0.1, -0.05) is 228 Å². The minimum absolute atomic E-state index is 0.131. The Labute approximate surface area is 395 Å². The number of hydrogen-bond acceptors (Lipinski definition) is 1. The van der Waals surface area contributed by atoms with Gasteiger partial charge in [0.2, 0.25) is 0 Å². The summed E-state index contributed by atoms with van der Waals surface area (Å²) in [4.78, 5) is 2.50. The van der Waals surface area contributed by atoms with E-state index in [2.05, 4.69) is 269 Å². The molecule has 2 aliphatic carbocycles. The van der Waals surface area contributed by atoms with Crippen LogP contribution in [0.2, 0.25) is 0 Å². The fourth-order valence-electron chi connectivity index (χ4n) is 11.0. The SMILES string of the molecule is CC1(C)c2ccccc2-c2ccc(N(c3ccc4c(c3)C(C)(C)c3cc(-c5ccc(-c6ccc(-c7ccccc7)cc6)cc5)ccc3-4)c3ccccc3-c3ccc(-c4ccccc4)cc3)cc21. The van der Waals surface area contributed by atoms with Crippen LogP contribution in [0.3, 0.4) is 0 Å². The zero-order chi connectivity index (χ0) is 45.3. The third kappa shape index (κ3) is 6.85. The smallest absolute Gasteiger partial charge is 0.0540 e. The van der Waals surface area contributed by atoms with Crippen LogP contribution in [-0.2, 0) is 10.8 Å². The van der Waals surface area contributed by atoms with Gasteiger partial charge in [0.25, 0.3) is 0 Å². The largest absolute Gasteiger partial charge is 0.310 e. The topological polar surface area (TPSA) is 3.24 Å². The van der Waals surface area contributed by atoms with E-state index in [0.29, 0.717) is 0 Å². The monoisotopic (exact) mass is 857 g/mol. The molecule has 320 valence electrons. The Morgan fingerprint density at radius 2 is 0.567 bits per heavy atom. The molecule has 2 aliphatic rings. The molecule has 0 bridgehead atoms. The predicted molar refractivity (Wildman–Crippen MR) is 283 cm³/mol. The van der Waals surface area contributed by atoms with Crippen molar-refractivity contribution in [3.05, 3.63) is 259 Å². The molecule has 0 radical (unpaired) electrons. The zero-order valence-electron chi connectivity index (χ0n) is 38.5. The Morgan fingerprint density at radius 3 is 1.07 bits per heavy atom. The number of rotatable bonds is 8. The standard InChI is InChI=1S/C66H51N/c1-65(2)60-21-13-11-20-56(60)58-39-36-53(42-62(58)65)67(64-22-14-12-19-55(64)51-33-31-47(32-34-51)45-17-9-6-10-18-45)54-37-40-59-57-38-35-52(41-61(57)66(3,4)63(59)43-54)50-29-27-49(28-30-50)48-25-23-46(24-26-48)44-15-7-5-8-16-44/h5-43H,1-4H3. The van der Waals surface area contributed by atoms with Crippen LogP contribution in [0.1, 0.15) is 49.9 Å². The summed E-state index contributed by atoms with van der Waals surface area (Å²) in [5, 5.41) is 0. The fourth-order valence-corrected chi connectivity index (χ4v) is 11.0. The molecule has 0 aromatic heterocycles. The molecular formula is C66H51N. The summed E-state index contributed by atoms with van der Waals surface area (Å²) in [5.41, 5.74) is 26.0. The summed E-state index contributed by atoms with van der Waals surface area (Å²) in [6, 6.07) is 87.5. The Hall–Kier alpha value is -8.00. The molecule has 67 heavy (non-hydrogen) atoms. The van der Waals surface area contributed by atoms with Crippen molar-refractivity contribution >= 4 is 17.1 Å². The number of anilines is 3. The second-order valence-corrected chi connectivity index (χ2v) is 19.3. The highest BCUT2D eigenvalue weighted by atomic mass is 15.1. The first-order valence-corrected chi connectivity index (χ1v) is 23.6. The Bertz CT molecular complexity index is 3470. The van der Waals surface area contributed by atoms with Gasteiger partial charge in [-0.2, -0.15) is 0 Å². The van der Waals surface area contributed by atoms with Crippen molar-refractivity contribution in [3.63, 3.8) is 0 Å². The maximum absolute atomic E-state index is 2.50. The summed E-state index contributed by atoms with van der Waals surface area (Å²) in [7, 11) is 0. The van der Waals surface area contributed by atoms with Crippen molar-refractivity contribution in [2.45, 2.75) is 38.5 Å². The van der Waals surface area contributed by atoms with Gasteiger partial charge in [-0.15, -0.1) is 0 Å². The number of hydrogen-bond donors (Lipinski definition) is 0. The summed E-state index contributed by atoms with van der Waals surface area (Å²) in [6.45, 7) is 9.54. The molecule has 0 spiro atoms. The van der Waals surface area contributed by atoms with Crippen LogP contribution in [0.15, 0.2) is 237 Å². The van der Waals surface area contributed by atoms with E-state index in [1.807, 2.05) is 0 Å². The second kappa shape index (κ2) is 15.9. The maximum atomic E-state index is 2.50. The van der Waals surface area contributed by atoms with Gasteiger partial charge >= 0.3 is 0 Å². The van der Waals surface area contributed by atoms with Gasteiger partial charge < -0.3 is 4.90 Å². The third-order valence-electron chi connectivity index (χ3n) is 14.7. The molecule has 0 aliphatic heterocycles. The number of fused-ring (bicyclic) bond motifs is 6. The molecule has 1 nitrogen and oxygen atoms in total. The highest BCUT2D eigenvalue weighted by Gasteiger charge is 2.38. The average molecular weight is 858 g/mol. The summed E-state index contributed by atoms with van der Waals surface area (Å²) >= 11 is 0. The lowest BCUT2D eigenvalue weighted by molar-refractivity contribution is 0.660. The van der Waals surface area contributed by atoms with Crippen LogP contribution in [0.4, 0.5) is 17.1 Å². The van der Waals surface area contributed by atoms with E-state index >= 15 is 0 Å². The molecule has 0 saturated carbocycles. The molecule has 0 unspecified atom stereocenters. The van der Waals surface area contributed by atoms with Gasteiger partial charge in [0.1, 0.15) is 0 Å². The lowest BCUT2D eigenvalue weighted by Gasteiger charge is -2.31. The van der Waals surface area contributed by atoms with Crippen LogP contribution in [0.5, 0.6) is 0 Å². The highest BCUT2D eigenvalue weighted by Crippen LogP contribution is 2.54. The van der Waals surface area contributed by atoms with Crippen LogP contribution in [-0.4, -0.2) is 0 Å². The maximum Gasteiger partial charge on any atom is 0.0540 e. The summed E-state index contributed by atoms with van der Waals surface area (Å²) in [5.74, 6) is 0. The van der Waals surface area contributed by atoms with Gasteiger partial charge in [-0.05, 0) is 131 Å². The van der Waals surface area contributed by atoms with Crippen molar-refractivity contribution in [1.82, 2.24) is 0 Å².